The second-order valence-electron chi connectivity index (χ2n) is 6.80. The zero-order chi connectivity index (χ0) is 21.0. The summed E-state index contributed by atoms with van der Waals surface area (Å²) in [6, 6.07) is 11.1. The molecule has 1 atom stereocenters. The molecule has 0 fully saturated rings. The van der Waals surface area contributed by atoms with Gasteiger partial charge in [-0.2, -0.15) is 13.5 Å². The molecule has 1 aromatic heterocycles. The molecule has 2 N–H and O–H groups in total. The van der Waals surface area contributed by atoms with Crippen LogP contribution in [0.1, 0.15) is 19.4 Å². The van der Waals surface area contributed by atoms with Crippen LogP contribution in [0, 0.1) is 5.92 Å². The van der Waals surface area contributed by atoms with Crippen molar-refractivity contribution >= 4 is 38.7 Å². The number of nitrogens with one attached hydrogen (secondary N) is 2. The van der Waals surface area contributed by atoms with Gasteiger partial charge in [-0.1, -0.05) is 32.0 Å². The Bertz CT molecular complexity index is 1090. The zero-order valence-corrected chi connectivity index (χ0v) is 17.9. The summed E-state index contributed by atoms with van der Waals surface area (Å²) >= 11 is 0.943. The number of hydrogen-bond acceptors (Lipinski definition) is 7. The summed E-state index contributed by atoms with van der Waals surface area (Å²) in [5.41, 5.74) is 1.68. The van der Waals surface area contributed by atoms with Crippen LogP contribution in [0.15, 0.2) is 47.4 Å². The van der Waals surface area contributed by atoms with E-state index in [9.17, 15) is 13.2 Å². The van der Waals surface area contributed by atoms with Crippen molar-refractivity contribution in [2.24, 2.45) is 5.92 Å². The van der Waals surface area contributed by atoms with Crippen LogP contribution < -0.4 is 14.8 Å². The Balaban J connectivity index is 1.74. The van der Waals surface area contributed by atoms with Crippen LogP contribution in [0.4, 0.5) is 0 Å². The van der Waals surface area contributed by atoms with E-state index in [1.165, 1.54) is 6.07 Å². The number of carbonyl (C=O) groups excluding carboxylic acids is 1. The molecule has 10 heteroatoms. The maximum absolute atomic E-state index is 12.9. The van der Waals surface area contributed by atoms with Crippen LogP contribution in [-0.2, 0) is 21.4 Å². The van der Waals surface area contributed by atoms with Crippen LogP contribution in [0.2, 0.25) is 0 Å². The maximum atomic E-state index is 12.9. The summed E-state index contributed by atoms with van der Waals surface area (Å²) in [6.45, 7) is 3.84. The highest BCUT2D eigenvalue weighted by atomic mass is 32.2. The highest BCUT2D eigenvalue weighted by Gasteiger charge is 2.29. The smallest absolute Gasteiger partial charge is 0.243 e. The highest BCUT2D eigenvalue weighted by Crippen LogP contribution is 2.22. The predicted octanol–water partition coefficient (Wildman–Crippen LogP) is 2.32. The number of methoxy groups -OCH3 is 1. The summed E-state index contributed by atoms with van der Waals surface area (Å²) in [5.74, 6) is 0.0648. The number of fused-ring (bicyclic) bond motifs is 1. The monoisotopic (exact) mass is 434 g/mol. The molecule has 1 amide bonds. The second-order valence-corrected chi connectivity index (χ2v) is 9.01. The molecule has 154 valence electrons. The van der Waals surface area contributed by atoms with Gasteiger partial charge in [-0.25, -0.2) is 8.42 Å². The molecule has 0 spiro atoms. The number of rotatable bonds is 8. The molecule has 0 radical (unpaired) electrons. The Kier molecular flexibility index (Phi) is 6.46. The third-order valence-electron chi connectivity index (χ3n) is 4.40. The van der Waals surface area contributed by atoms with E-state index in [4.69, 9.17) is 4.74 Å². The van der Waals surface area contributed by atoms with Crippen molar-refractivity contribution in [3.63, 3.8) is 0 Å². The SMILES string of the molecule is COc1ccc(CNC(=O)[C@H](NS(=O)(=O)c2cccc3nsnc23)C(C)C)cc1. The number of ether oxygens (including phenoxy) is 1. The largest absolute Gasteiger partial charge is 0.497 e. The molecule has 1 heterocycles. The van der Waals surface area contributed by atoms with E-state index in [1.807, 2.05) is 12.1 Å². The summed E-state index contributed by atoms with van der Waals surface area (Å²) in [5, 5.41) is 2.79. The topological polar surface area (TPSA) is 110 Å². The van der Waals surface area contributed by atoms with Crippen molar-refractivity contribution in [1.29, 1.82) is 0 Å². The van der Waals surface area contributed by atoms with Crippen LogP contribution in [0.3, 0.4) is 0 Å². The van der Waals surface area contributed by atoms with E-state index in [1.54, 1.807) is 45.2 Å². The first-order chi connectivity index (χ1) is 13.8. The molecule has 8 nitrogen and oxygen atoms in total. The summed E-state index contributed by atoms with van der Waals surface area (Å²) in [6.07, 6.45) is 0. The van der Waals surface area contributed by atoms with Gasteiger partial charge in [0.05, 0.1) is 18.8 Å². The van der Waals surface area contributed by atoms with Gasteiger partial charge in [-0.05, 0) is 35.7 Å². The Morgan fingerprint density at radius 1 is 1.14 bits per heavy atom. The van der Waals surface area contributed by atoms with Crippen LogP contribution in [0.25, 0.3) is 11.0 Å². The number of amides is 1. The quantitative estimate of drug-likeness (QED) is 0.563. The lowest BCUT2D eigenvalue weighted by Crippen LogP contribution is -2.49. The van der Waals surface area contributed by atoms with E-state index >= 15 is 0 Å². The standard InChI is InChI=1S/C19H22N4O4S2/c1-12(2)17(19(24)20-11-13-7-9-14(27-3)10-8-13)23-29(25,26)16-6-4-5-15-18(16)22-28-21-15/h4-10,12,17,23H,11H2,1-3H3,(H,20,24)/t17-/m1/s1. The summed E-state index contributed by atoms with van der Waals surface area (Å²) in [7, 11) is -2.38. The first-order valence-electron chi connectivity index (χ1n) is 8.96. The van der Waals surface area contributed by atoms with Gasteiger partial charge >= 0.3 is 0 Å². The van der Waals surface area contributed by atoms with Gasteiger partial charge in [-0.3, -0.25) is 4.79 Å². The van der Waals surface area contributed by atoms with Crippen molar-refractivity contribution in [3.05, 3.63) is 48.0 Å². The number of nitrogens with zero attached hydrogens (tertiary/aromatic N) is 2. The van der Waals surface area contributed by atoms with Crippen LogP contribution >= 0.6 is 11.7 Å². The van der Waals surface area contributed by atoms with Crippen molar-refractivity contribution in [2.45, 2.75) is 31.3 Å². The minimum atomic E-state index is -3.96. The zero-order valence-electron chi connectivity index (χ0n) is 16.2. The molecular formula is C19H22N4O4S2. The molecule has 0 aliphatic heterocycles. The minimum Gasteiger partial charge on any atom is -0.497 e. The van der Waals surface area contributed by atoms with Crippen molar-refractivity contribution < 1.29 is 17.9 Å². The van der Waals surface area contributed by atoms with Gasteiger partial charge in [0, 0.05) is 6.54 Å². The number of carbonyl (C=O) groups is 1. The molecule has 0 bridgehead atoms. The fourth-order valence-electron chi connectivity index (χ4n) is 2.76. The van der Waals surface area contributed by atoms with E-state index < -0.39 is 22.0 Å². The number of sulfonamides is 1. The summed E-state index contributed by atoms with van der Waals surface area (Å²) in [4.78, 5) is 12.7. The molecule has 0 saturated heterocycles. The number of hydrogen-bond donors (Lipinski definition) is 2. The minimum absolute atomic E-state index is 0.0114. The Morgan fingerprint density at radius 2 is 1.86 bits per heavy atom. The highest BCUT2D eigenvalue weighted by molar-refractivity contribution is 7.89. The van der Waals surface area contributed by atoms with Gasteiger partial charge in [0.2, 0.25) is 15.9 Å². The maximum Gasteiger partial charge on any atom is 0.243 e. The molecule has 3 aromatic rings. The lowest BCUT2D eigenvalue weighted by atomic mass is 10.0. The molecule has 0 aliphatic rings. The van der Waals surface area contributed by atoms with E-state index in [0.29, 0.717) is 11.0 Å². The van der Waals surface area contributed by atoms with Crippen LogP contribution in [0.5, 0.6) is 5.75 Å². The predicted molar refractivity (Wildman–Crippen MR) is 111 cm³/mol. The average molecular weight is 435 g/mol. The molecule has 0 saturated carbocycles. The van der Waals surface area contributed by atoms with E-state index in [0.717, 1.165) is 23.0 Å². The fourth-order valence-corrected chi connectivity index (χ4v) is 4.87. The third kappa shape index (κ3) is 4.89. The first-order valence-corrected chi connectivity index (χ1v) is 11.2. The Morgan fingerprint density at radius 3 is 2.52 bits per heavy atom. The molecule has 29 heavy (non-hydrogen) atoms. The van der Waals surface area contributed by atoms with Gasteiger partial charge in [0.1, 0.15) is 27.7 Å². The van der Waals surface area contributed by atoms with Crippen molar-refractivity contribution in [1.82, 2.24) is 18.8 Å². The molecule has 2 aromatic carbocycles. The Labute approximate surface area is 173 Å². The van der Waals surface area contributed by atoms with Gasteiger partial charge in [-0.15, -0.1) is 0 Å². The lowest BCUT2D eigenvalue weighted by Gasteiger charge is -2.21. The Hall–Kier alpha value is -2.56. The van der Waals surface area contributed by atoms with Gasteiger partial charge in [0.15, 0.2) is 0 Å². The third-order valence-corrected chi connectivity index (χ3v) is 6.41. The van der Waals surface area contributed by atoms with Crippen molar-refractivity contribution in [2.75, 3.05) is 7.11 Å². The van der Waals surface area contributed by atoms with Gasteiger partial charge in [0.25, 0.3) is 0 Å². The molecular weight excluding hydrogens is 412 g/mol. The number of benzene rings is 2. The van der Waals surface area contributed by atoms with Gasteiger partial charge < -0.3 is 10.1 Å². The van der Waals surface area contributed by atoms with Crippen LogP contribution in [-0.4, -0.2) is 36.2 Å². The summed E-state index contributed by atoms with van der Waals surface area (Å²) < 4.78 is 41.7. The molecule has 0 aliphatic carbocycles. The molecule has 3 rings (SSSR count). The normalized spacial score (nSPS) is 12.8. The van der Waals surface area contributed by atoms with Crippen molar-refractivity contribution in [3.8, 4) is 5.75 Å². The molecule has 0 unspecified atom stereocenters. The first kappa shape index (κ1) is 21.2. The average Bonchev–Trinajstić information content (AvgIpc) is 3.19. The number of aromatic nitrogens is 2. The lowest BCUT2D eigenvalue weighted by molar-refractivity contribution is -0.123. The second kappa shape index (κ2) is 8.85. The van der Waals surface area contributed by atoms with E-state index in [2.05, 4.69) is 18.8 Å². The van der Waals surface area contributed by atoms with E-state index in [-0.39, 0.29) is 17.4 Å². The fraction of sp³-hybridized carbons (Fsp3) is 0.316.